The summed E-state index contributed by atoms with van der Waals surface area (Å²) >= 11 is 0. The molecule has 1 fully saturated rings. The Kier molecular flexibility index (Phi) is 7.59. The lowest BCUT2D eigenvalue weighted by Crippen LogP contribution is -2.57. The Morgan fingerprint density at radius 2 is 1.92 bits per heavy atom. The van der Waals surface area contributed by atoms with E-state index in [1.54, 1.807) is 7.11 Å². The van der Waals surface area contributed by atoms with E-state index in [-0.39, 0.29) is 25.5 Å². The molecule has 4 rings (SSSR count). The molecule has 0 aliphatic carbocycles. The largest absolute Gasteiger partial charge is 0.467 e. The van der Waals surface area contributed by atoms with E-state index in [0.717, 1.165) is 28.3 Å². The number of ether oxygens (including phenoxy) is 3. The number of amides is 2. The van der Waals surface area contributed by atoms with Gasteiger partial charge in [-0.25, -0.2) is 9.59 Å². The molecule has 198 valence electrons. The van der Waals surface area contributed by atoms with Crippen LogP contribution in [0, 0.1) is 5.41 Å². The van der Waals surface area contributed by atoms with Gasteiger partial charge in [-0.05, 0) is 52.3 Å². The number of carbonyl (C=O) groups is 3. The molecular formula is C29H36N2O6. The van der Waals surface area contributed by atoms with E-state index in [0.29, 0.717) is 6.42 Å². The first-order chi connectivity index (χ1) is 17.6. The third kappa shape index (κ3) is 5.34. The Morgan fingerprint density at radius 1 is 1.16 bits per heavy atom. The van der Waals surface area contributed by atoms with Gasteiger partial charge in [0.15, 0.2) is 0 Å². The second-order valence-electron chi connectivity index (χ2n) is 10.8. The van der Waals surface area contributed by atoms with E-state index in [9.17, 15) is 14.4 Å². The van der Waals surface area contributed by atoms with Gasteiger partial charge in [0.05, 0.1) is 20.3 Å². The molecule has 8 heteroatoms. The van der Waals surface area contributed by atoms with Crippen LogP contribution in [0.2, 0.25) is 0 Å². The lowest BCUT2D eigenvalue weighted by Gasteiger charge is -2.35. The van der Waals surface area contributed by atoms with Crippen molar-refractivity contribution in [2.24, 2.45) is 5.41 Å². The molecule has 37 heavy (non-hydrogen) atoms. The number of carbonyl (C=O) groups excluding carboxylic acids is 3. The highest BCUT2D eigenvalue weighted by Gasteiger charge is 2.53. The van der Waals surface area contributed by atoms with Crippen molar-refractivity contribution in [3.8, 4) is 0 Å². The Balaban J connectivity index is 1.88. The Labute approximate surface area is 217 Å². The van der Waals surface area contributed by atoms with Gasteiger partial charge in [-0.15, -0.1) is 0 Å². The predicted octanol–water partition coefficient (Wildman–Crippen LogP) is 4.40. The number of nitrogens with one attached hydrogen (secondary N) is 1. The fraction of sp³-hybridized carbons (Fsp3) is 0.483. The van der Waals surface area contributed by atoms with Crippen molar-refractivity contribution in [3.05, 3.63) is 53.6 Å². The average molecular weight is 509 g/mol. The molecule has 1 N–H and O–H groups in total. The van der Waals surface area contributed by atoms with Crippen LogP contribution >= 0.6 is 0 Å². The van der Waals surface area contributed by atoms with Crippen LogP contribution < -0.4 is 5.32 Å². The first kappa shape index (κ1) is 26.7. The fourth-order valence-corrected chi connectivity index (χ4v) is 5.22. The number of cyclic esters (lactones) is 1. The molecule has 2 aliphatic heterocycles. The minimum absolute atomic E-state index is 0.132. The van der Waals surface area contributed by atoms with Gasteiger partial charge in [-0.1, -0.05) is 57.2 Å². The van der Waals surface area contributed by atoms with Gasteiger partial charge in [0.2, 0.25) is 5.91 Å². The quantitative estimate of drug-likeness (QED) is 0.605. The molecule has 2 aromatic rings. The summed E-state index contributed by atoms with van der Waals surface area (Å²) in [5.41, 5.74) is 0.312. The molecule has 2 amide bonds. The zero-order valence-corrected chi connectivity index (χ0v) is 22.2. The molecule has 0 radical (unpaired) electrons. The standard InChI is InChI=1S/C29H36N2O6/c1-28(2,3)24-25(32)31-18-29(36-5,17-23(31)26(33)35-4)21-15-19(22-13-9-8-12-20(22)16-21)11-7-6-10-14-37-27(34)30-24/h7-9,11-13,15-16,23-24H,6,10,14,17-18H2,1-5H3,(H,30,34)/b11-7+/t23-,24+,29-/m0/s1. The Hall–Kier alpha value is -3.39. The number of benzene rings is 2. The van der Waals surface area contributed by atoms with Gasteiger partial charge in [0.1, 0.15) is 17.7 Å². The van der Waals surface area contributed by atoms with E-state index in [1.807, 2.05) is 39.0 Å². The normalized spacial score (nSPS) is 25.9. The zero-order chi connectivity index (χ0) is 26.8. The van der Waals surface area contributed by atoms with Crippen molar-refractivity contribution < 1.29 is 28.6 Å². The first-order valence-electron chi connectivity index (χ1n) is 12.7. The third-order valence-electron chi connectivity index (χ3n) is 7.31. The number of esters is 1. The van der Waals surface area contributed by atoms with Crippen molar-refractivity contribution in [2.45, 2.75) is 57.7 Å². The second-order valence-corrected chi connectivity index (χ2v) is 10.8. The van der Waals surface area contributed by atoms with E-state index in [4.69, 9.17) is 14.2 Å². The molecule has 2 heterocycles. The molecule has 0 spiro atoms. The lowest BCUT2D eigenvalue weighted by atomic mass is 9.85. The SMILES string of the molecule is COC(=O)[C@@H]1C[C@]2(OC)CN1C(=O)[C@H](C(C)(C)C)NC(=O)OCCC/C=C/c1cc2cc2ccccc12. The van der Waals surface area contributed by atoms with Crippen LogP contribution in [0.5, 0.6) is 0 Å². The number of hydrogen-bond acceptors (Lipinski definition) is 6. The zero-order valence-electron chi connectivity index (χ0n) is 22.2. The summed E-state index contributed by atoms with van der Waals surface area (Å²) in [4.78, 5) is 41.1. The summed E-state index contributed by atoms with van der Waals surface area (Å²) in [6.07, 6.45) is 5.07. The van der Waals surface area contributed by atoms with Gasteiger partial charge in [0.25, 0.3) is 0 Å². The van der Waals surface area contributed by atoms with Gasteiger partial charge in [-0.3, -0.25) is 4.79 Å². The topological polar surface area (TPSA) is 94.2 Å². The molecule has 2 aliphatic rings. The molecule has 0 aromatic heterocycles. The van der Waals surface area contributed by atoms with Crippen molar-refractivity contribution >= 4 is 34.8 Å². The van der Waals surface area contributed by atoms with Gasteiger partial charge < -0.3 is 24.4 Å². The maximum atomic E-state index is 14.0. The molecule has 0 unspecified atom stereocenters. The number of alkyl carbamates (subject to hydrolysis) is 1. The van der Waals surface area contributed by atoms with E-state index >= 15 is 0 Å². The molecule has 1 saturated heterocycles. The first-order valence-corrected chi connectivity index (χ1v) is 12.7. The van der Waals surface area contributed by atoms with Crippen molar-refractivity contribution in [3.63, 3.8) is 0 Å². The van der Waals surface area contributed by atoms with Crippen LogP contribution in [0.25, 0.3) is 16.8 Å². The predicted molar refractivity (Wildman–Crippen MR) is 141 cm³/mol. The molecule has 2 aromatic carbocycles. The summed E-state index contributed by atoms with van der Waals surface area (Å²) in [5, 5.41) is 4.88. The fourth-order valence-electron chi connectivity index (χ4n) is 5.22. The molecule has 3 atom stereocenters. The number of nitrogens with zero attached hydrogens (tertiary/aromatic N) is 1. The number of methoxy groups -OCH3 is 2. The Morgan fingerprint density at radius 3 is 2.62 bits per heavy atom. The number of allylic oxidation sites excluding steroid dienone is 1. The van der Waals surface area contributed by atoms with Crippen LogP contribution in [0.1, 0.15) is 51.2 Å². The van der Waals surface area contributed by atoms with Crippen LogP contribution in [0.3, 0.4) is 0 Å². The smallest absolute Gasteiger partial charge is 0.407 e. The van der Waals surface area contributed by atoms with Gasteiger partial charge in [-0.2, -0.15) is 0 Å². The summed E-state index contributed by atoms with van der Waals surface area (Å²) in [7, 11) is 2.91. The summed E-state index contributed by atoms with van der Waals surface area (Å²) in [5.74, 6) is -0.909. The molecule has 4 bridgehead atoms. The molecule has 0 saturated carbocycles. The van der Waals surface area contributed by atoms with Crippen molar-refractivity contribution in [1.82, 2.24) is 10.2 Å². The number of fused-ring (bicyclic) bond motifs is 7. The van der Waals surface area contributed by atoms with Crippen LogP contribution in [-0.2, 0) is 29.4 Å². The minimum atomic E-state index is -0.943. The highest BCUT2D eigenvalue weighted by atomic mass is 16.5. The molecule has 8 nitrogen and oxygen atoms in total. The van der Waals surface area contributed by atoms with Gasteiger partial charge >= 0.3 is 12.1 Å². The monoisotopic (exact) mass is 508 g/mol. The summed E-state index contributed by atoms with van der Waals surface area (Å²) in [6, 6.07) is 10.5. The van der Waals surface area contributed by atoms with Crippen molar-refractivity contribution in [1.29, 1.82) is 0 Å². The molecular weight excluding hydrogens is 472 g/mol. The second kappa shape index (κ2) is 10.5. The van der Waals surface area contributed by atoms with Crippen molar-refractivity contribution in [2.75, 3.05) is 27.4 Å². The Bertz CT molecular complexity index is 1220. The van der Waals surface area contributed by atoms with Crippen LogP contribution in [0.15, 0.2) is 42.5 Å². The highest BCUT2D eigenvalue weighted by Crippen LogP contribution is 2.42. The van der Waals surface area contributed by atoms with Crippen LogP contribution in [0.4, 0.5) is 4.79 Å². The maximum absolute atomic E-state index is 14.0. The summed E-state index contributed by atoms with van der Waals surface area (Å²) < 4.78 is 16.6. The number of rotatable bonds is 2. The van der Waals surface area contributed by atoms with Gasteiger partial charge in [0, 0.05) is 13.5 Å². The van der Waals surface area contributed by atoms with E-state index < -0.39 is 35.2 Å². The lowest BCUT2D eigenvalue weighted by molar-refractivity contribution is -0.152. The minimum Gasteiger partial charge on any atom is -0.467 e. The maximum Gasteiger partial charge on any atom is 0.407 e. The third-order valence-corrected chi connectivity index (χ3v) is 7.31. The summed E-state index contributed by atoms with van der Waals surface area (Å²) in [6.45, 7) is 5.94. The average Bonchev–Trinajstić information content (AvgIpc) is 3.28. The van der Waals surface area contributed by atoms with E-state index in [2.05, 4.69) is 35.7 Å². The number of hydrogen-bond donors (Lipinski definition) is 1. The van der Waals surface area contributed by atoms with E-state index in [1.165, 1.54) is 12.0 Å². The van der Waals surface area contributed by atoms with Crippen LogP contribution in [-0.4, -0.2) is 62.3 Å². The highest BCUT2D eigenvalue weighted by molar-refractivity contribution is 5.93.